The summed E-state index contributed by atoms with van der Waals surface area (Å²) in [6.45, 7) is 1.64. The van der Waals surface area contributed by atoms with Crippen LogP contribution in [-0.4, -0.2) is 28.8 Å². The number of hydrogen-bond donors (Lipinski definition) is 2. The Bertz CT molecular complexity index is 413. The van der Waals surface area contributed by atoms with Crippen molar-refractivity contribution in [1.82, 2.24) is 0 Å². The SMILES string of the molecule is CCCCCCCCCCCCCCCCC=C/[P+]([O-])=N/C(CO)C(=O)O. The number of unbranched alkanes of at least 4 members (excludes halogenated alkanes) is 14. The molecule has 0 saturated heterocycles. The molecule has 158 valence electrons. The van der Waals surface area contributed by atoms with Crippen LogP contribution in [-0.2, 0) is 4.79 Å². The third-order valence-corrected chi connectivity index (χ3v) is 5.64. The Morgan fingerprint density at radius 3 is 1.78 bits per heavy atom. The van der Waals surface area contributed by atoms with E-state index < -0.39 is 26.6 Å². The zero-order valence-corrected chi connectivity index (χ0v) is 18.0. The summed E-state index contributed by atoms with van der Waals surface area (Å²) in [7, 11) is -2.05. The van der Waals surface area contributed by atoms with Crippen LogP contribution in [0.1, 0.15) is 103 Å². The molecule has 0 heterocycles. The van der Waals surface area contributed by atoms with Crippen LogP contribution < -0.4 is 4.89 Å². The number of aliphatic carboxylic acids is 1. The van der Waals surface area contributed by atoms with Gasteiger partial charge in [0.1, 0.15) is 5.82 Å². The molecule has 0 aliphatic carbocycles. The Balaban J connectivity index is 3.42. The number of allylic oxidation sites excluding steroid dienone is 1. The minimum absolute atomic E-state index is 0.622. The van der Waals surface area contributed by atoms with Crippen molar-refractivity contribution in [1.29, 1.82) is 0 Å². The standard InChI is InChI=1S/C21H40NO4P/c1-2-3-4-5-6-7-8-9-10-11-12-13-14-15-16-17-18-27(26)22-20(19-23)21(24)25/h17-18,20,23H,2-16,19H2,1H3,(H,24,25). The zero-order valence-electron chi connectivity index (χ0n) is 17.2. The van der Waals surface area contributed by atoms with Gasteiger partial charge in [0.25, 0.3) is 0 Å². The zero-order chi connectivity index (χ0) is 20.2. The second kappa shape index (κ2) is 20.0. The lowest BCUT2D eigenvalue weighted by molar-refractivity contribution is -0.154. The minimum Gasteiger partial charge on any atom is -0.608 e. The first-order valence-electron chi connectivity index (χ1n) is 10.8. The fourth-order valence-electron chi connectivity index (χ4n) is 2.96. The molecule has 0 aromatic rings. The molecule has 2 unspecified atom stereocenters. The van der Waals surface area contributed by atoms with E-state index in [2.05, 4.69) is 11.7 Å². The first-order valence-corrected chi connectivity index (χ1v) is 12.1. The van der Waals surface area contributed by atoms with Gasteiger partial charge in [0, 0.05) is 0 Å². The topological polar surface area (TPSA) is 93.0 Å². The quantitative estimate of drug-likeness (QED) is 0.213. The van der Waals surface area contributed by atoms with Crippen LogP contribution in [0.15, 0.2) is 16.6 Å². The molecule has 0 amide bonds. The van der Waals surface area contributed by atoms with Gasteiger partial charge in [-0.2, -0.15) is 0 Å². The molecule has 0 aliphatic heterocycles. The molecule has 0 radical (unpaired) electrons. The summed E-state index contributed by atoms with van der Waals surface area (Å²) in [5.41, 5.74) is 0. The van der Waals surface area contributed by atoms with E-state index in [0.29, 0.717) is 0 Å². The molecule has 6 heteroatoms. The summed E-state index contributed by atoms with van der Waals surface area (Å²) < 4.78 is 3.57. The Morgan fingerprint density at radius 2 is 1.37 bits per heavy atom. The average Bonchev–Trinajstić information content (AvgIpc) is 2.65. The van der Waals surface area contributed by atoms with E-state index in [1.54, 1.807) is 6.08 Å². The van der Waals surface area contributed by atoms with E-state index in [0.717, 1.165) is 12.8 Å². The number of aliphatic hydroxyl groups is 1. The van der Waals surface area contributed by atoms with E-state index in [4.69, 9.17) is 10.2 Å². The van der Waals surface area contributed by atoms with Gasteiger partial charge in [0.15, 0.2) is 7.94 Å². The van der Waals surface area contributed by atoms with Crippen LogP contribution in [0.4, 0.5) is 0 Å². The van der Waals surface area contributed by atoms with Crippen molar-refractivity contribution in [3.05, 3.63) is 11.9 Å². The summed E-state index contributed by atoms with van der Waals surface area (Å²) in [6, 6.07) is -1.29. The molecular weight excluding hydrogens is 361 g/mol. The van der Waals surface area contributed by atoms with Gasteiger partial charge in [0.05, 0.1) is 6.61 Å². The highest BCUT2D eigenvalue weighted by atomic mass is 31.1. The number of carbonyl (C=O) groups is 1. The molecule has 2 atom stereocenters. The Hall–Kier alpha value is -0.770. The summed E-state index contributed by atoms with van der Waals surface area (Å²) in [6.07, 6.45) is 21.2. The predicted octanol–water partition coefficient (Wildman–Crippen LogP) is 5.76. The van der Waals surface area contributed by atoms with Crippen molar-refractivity contribution in [2.24, 2.45) is 4.74 Å². The van der Waals surface area contributed by atoms with E-state index in [1.165, 1.54) is 89.3 Å². The number of hydrogen-bond acceptors (Lipinski definition) is 4. The van der Waals surface area contributed by atoms with Crippen LogP contribution in [0.5, 0.6) is 0 Å². The molecule has 0 rings (SSSR count). The normalized spacial score (nSPS) is 13.4. The molecule has 0 spiro atoms. The third kappa shape index (κ3) is 18.4. The Labute approximate surface area is 166 Å². The van der Waals surface area contributed by atoms with Crippen molar-refractivity contribution in [2.75, 3.05) is 6.61 Å². The highest BCUT2D eigenvalue weighted by Crippen LogP contribution is 2.19. The lowest BCUT2D eigenvalue weighted by Crippen LogP contribution is -2.21. The number of aliphatic hydroxyl groups excluding tert-OH is 1. The molecule has 0 aliphatic rings. The van der Waals surface area contributed by atoms with Crippen LogP contribution in [0.2, 0.25) is 0 Å². The van der Waals surface area contributed by atoms with Crippen LogP contribution in [0.25, 0.3) is 0 Å². The maximum Gasteiger partial charge on any atom is 0.335 e. The monoisotopic (exact) mass is 401 g/mol. The van der Waals surface area contributed by atoms with E-state index in [1.807, 2.05) is 0 Å². The molecule has 0 aromatic carbocycles. The fraction of sp³-hybridized carbons (Fsp3) is 0.857. The molecule has 0 aromatic heterocycles. The van der Waals surface area contributed by atoms with Gasteiger partial charge in [-0.05, 0) is 18.9 Å². The molecule has 27 heavy (non-hydrogen) atoms. The molecular formula is C21H40NO4P. The highest BCUT2D eigenvalue weighted by molar-refractivity contribution is 7.43. The van der Waals surface area contributed by atoms with Crippen molar-refractivity contribution in [2.45, 2.75) is 109 Å². The van der Waals surface area contributed by atoms with Crippen LogP contribution in [0, 0.1) is 0 Å². The first-order chi connectivity index (χ1) is 13.1. The van der Waals surface area contributed by atoms with Gasteiger partial charge in [-0.15, -0.1) is 0 Å². The minimum atomic E-state index is -2.05. The van der Waals surface area contributed by atoms with Gasteiger partial charge in [0.2, 0.25) is 6.04 Å². The molecule has 0 saturated carbocycles. The largest absolute Gasteiger partial charge is 0.608 e. The van der Waals surface area contributed by atoms with E-state index in [9.17, 15) is 9.69 Å². The second-order valence-corrected chi connectivity index (χ2v) is 8.36. The summed E-state index contributed by atoms with van der Waals surface area (Å²) in [5.74, 6) is 0.199. The highest BCUT2D eigenvalue weighted by Gasteiger charge is 2.17. The van der Waals surface area contributed by atoms with Crippen molar-refractivity contribution < 1.29 is 19.9 Å². The second-order valence-electron chi connectivity index (χ2n) is 7.22. The van der Waals surface area contributed by atoms with Gasteiger partial charge in [-0.3, -0.25) is 0 Å². The van der Waals surface area contributed by atoms with Crippen LogP contribution in [0.3, 0.4) is 0 Å². The van der Waals surface area contributed by atoms with Crippen molar-refractivity contribution >= 4 is 13.9 Å². The maximum absolute atomic E-state index is 11.6. The Kier molecular flexibility index (Phi) is 19.4. The Morgan fingerprint density at radius 1 is 0.926 bits per heavy atom. The molecule has 0 fully saturated rings. The summed E-state index contributed by atoms with van der Waals surface area (Å²) in [5, 5.41) is 17.6. The van der Waals surface area contributed by atoms with E-state index in [-0.39, 0.29) is 0 Å². The molecule has 0 bridgehead atoms. The number of rotatable bonds is 19. The summed E-state index contributed by atoms with van der Waals surface area (Å²) in [4.78, 5) is 22.3. The molecule has 2 N–H and O–H groups in total. The van der Waals surface area contributed by atoms with Gasteiger partial charge in [-0.25, -0.2) is 4.79 Å². The van der Waals surface area contributed by atoms with Crippen molar-refractivity contribution in [3.63, 3.8) is 0 Å². The average molecular weight is 402 g/mol. The number of carboxylic acid groups (broad SMARTS) is 1. The lowest BCUT2D eigenvalue weighted by atomic mass is 10.0. The maximum atomic E-state index is 11.6. The number of carboxylic acids is 1. The first kappa shape index (κ1) is 26.2. The van der Waals surface area contributed by atoms with Gasteiger partial charge >= 0.3 is 5.97 Å². The predicted molar refractivity (Wildman–Crippen MR) is 112 cm³/mol. The molecule has 5 nitrogen and oxygen atoms in total. The fourth-order valence-corrected chi connectivity index (χ4v) is 3.81. The summed E-state index contributed by atoms with van der Waals surface area (Å²) >= 11 is 0. The third-order valence-electron chi connectivity index (χ3n) is 4.67. The van der Waals surface area contributed by atoms with E-state index >= 15 is 0 Å². The smallest absolute Gasteiger partial charge is 0.335 e. The lowest BCUT2D eigenvalue weighted by Gasteiger charge is -2.02. The van der Waals surface area contributed by atoms with Crippen molar-refractivity contribution in [3.8, 4) is 0 Å². The van der Waals surface area contributed by atoms with Crippen LogP contribution >= 0.6 is 7.94 Å². The van der Waals surface area contributed by atoms with Gasteiger partial charge in [-0.1, -0.05) is 95.1 Å². The van der Waals surface area contributed by atoms with Gasteiger partial charge < -0.3 is 15.1 Å². The number of nitrogens with zero attached hydrogens (tertiary/aromatic N) is 1.